The Morgan fingerprint density at radius 2 is 1.83 bits per heavy atom. The van der Waals surface area contributed by atoms with Crippen molar-refractivity contribution in [3.63, 3.8) is 0 Å². The zero-order chi connectivity index (χ0) is 17.5. The Morgan fingerprint density at radius 3 is 2.39 bits per heavy atom. The first-order valence-electron chi connectivity index (χ1n) is 8.19. The molecule has 5 nitrogen and oxygen atoms in total. The molecular weight excluding hydrogens is 290 g/mol. The van der Waals surface area contributed by atoms with Crippen LogP contribution in [0.25, 0.3) is 0 Å². The lowest BCUT2D eigenvalue weighted by molar-refractivity contribution is 0.129. The van der Waals surface area contributed by atoms with Crippen LogP contribution in [-0.2, 0) is 0 Å². The van der Waals surface area contributed by atoms with Crippen LogP contribution in [0.3, 0.4) is 0 Å². The van der Waals surface area contributed by atoms with Gasteiger partial charge in [0.05, 0.1) is 6.10 Å². The molecule has 0 aliphatic carbocycles. The van der Waals surface area contributed by atoms with Crippen LogP contribution in [0, 0.1) is 5.41 Å². The number of nitrogens with zero attached hydrogens (tertiary/aromatic N) is 1. The van der Waals surface area contributed by atoms with Crippen molar-refractivity contribution in [2.75, 3.05) is 25.0 Å². The van der Waals surface area contributed by atoms with Gasteiger partial charge >= 0.3 is 6.03 Å². The Balaban J connectivity index is 2.35. The Bertz CT molecular complexity index is 474. The molecule has 130 valence electrons. The van der Waals surface area contributed by atoms with Crippen molar-refractivity contribution in [3.8, 4) is 0 Å². The van der Waals surface area contributed by atoms with Gasteiger partial charge in [-0.1, -0.05) is 32.0 Å². The molecular formula is C18H31N3O2. The summed E-state index contributed by atoms with van der Waals surface area (Å²) in [4.78, 5) is 14.1. The van der Waals surface area contributed by atoms with E-state index in [2.05, 4.69) is 34.6 Å². The van der Waals surface area contributed by atoms with Crippen LogP contribution in [0.5, 0.6) is 0 Å². The minimum Gasteiger partial charge on any atom is -0.393 e. The van der Waals surface area contributed by atoms with Crippen molar-refractivity contribution >= 4 is 11.7 Å². The maximum Gasteiger partial charge on any atom is 0.314 e. The summed E-state index contributed by atoms with van der Waals surface area (Å²) in [6, 6.07) is 10.1. The summed E-state index contributed by atoms with van der Waals surface area (Å²) in [6.45, 7) is 9.01. The molecule has 23 heavy (non-hydrogen) atoms. The third kappa shape index (κ3) is 7.37. The number of carbonyl (C=O) groups is 1. The van der Waals surface area contributed by atoms with E-state index in [0.717, 1.165) is 5.69 Å². The van der Waals surface area contributed by atoms with E-state index in [4.69, 9.17) is 0 Å². The smallest absolute Gasteiger partial charge is 0.314 e. The number of benzene rings is 1. The molecule has 2 unspecified atom stereocenters. The van der Waals surface area contributed by atoms with Crippen LogP contribution in [-0.4, -0.2) is 43.4 Å². The molecule has 0 saturated heterocycles. The zero-order valence-corrected chi connectivity index (χ0v) is 15.0. The Kier molecular flexibility index (Phi) is 7.36. The monoisotopic (exact) mass is 321 g/mol. The second kappa shape index (κ2) is 8.77. The standard InChI is InChI=1S/C18H31N3O2/c1-14(21(5)16-9-7-6-8-10-16)12-19-17(23)20-13-18(3,4)11-15(2)22/h6-10,14-15,22H,11-13H2,1-5H3,(H2,19,20,23). The summed E-state index contributed by atoms with van der Waals surface area (Å²) in [6.07, 6.45) is 0.287. The third-order valence-corrected chi connectivity index (χ3v) is 3.96. The number of amides is 2. The predicted molar refractivity (Wildman–Crippen MR) is 95.8 cm³/mol. The van der Waals surface area contributed by atoms with Gasteiger partial charge in [0, 0.05) is 31.9 Å². The number of anilines is 1. The van der Waals surface area contributed by atoms with Gasteiger partial charge in [0.25, 0.3) is 0 Å². The second-order valence-corrected chi connectivity index (χ2v) is 7.08. The fourth-order valence-corrected chi connectivity index (χ4v) is 2.55. The van der Waals surface area contributed by atoms with Gasteiger partial charge in [-0.3, -0.25) is 0 Å². The SMILES string of the molecule is CC(O)CC(C)(C)CNC(=O)NCC(C)N(C)c1ccccc1. The summed E-state index contributed by atoms with van der Waals surface area (Å²) >= 11 is 0. The molecule has 1 aromatic rings. The van der Waals surface area contributed by atoms with Crippen molar-refractivity contribution in [1.82, 2.24) is 10.6 Å². The van der Waals surface area contributed by atoms with E-state index in [9.17, 15) is 9.90 Å². The molecule has 0 spiro atoms. The summed E-state index contributed by atoms with van der Waals surface area (Å²) in [7, 11) is 2.02. The number of likely N-dealkylation sites (N-methyl/N-ethyl adjacent to an activating group) is 1. The van der Waals surface area contributed by atoms with Crippen LogP contribution in [0.2, 0.25) is 0 Å². The quantitative estimate of drug-likeness (QED) is 0.689. The largest absolute Gasteiger partial charge is 0.393 e. The Hall–Kier alpha value is -1.75. The van der Waals surface area contributed by atoms with Crippen molar-refractivity contribution in [1.29, 1.82) is 0 Å². The second-order valence-electron chi connectivity index (χ2n) is 7.08. The van der Waals surface area contributed by atoms with E-state index in [0.29, 0.717) is 19.5 Å². The van der Waals surface area contributed by atoms with Gasteiger partial charge in [0.1, 0.15) is 0 Å². The van der Waals surface area contributed by atoms with Crippen molar-refractivity contribution < 1.29 is 9.90 Å². The first kappa shape index (κ1) is 19.3. The van der Waals surface area contributed by atoms with Gasteiger partial charge < -0.3 is 20.6 Å². The number of nitrogens with one attached hydrogen (secondary N) is 2. The van der Waals surface area contributed by atoms with Crippen LogP contribution in [0.1, 0.15) is 34.1 Å². The molecule has 0 bridgehead atoms. The van der Waals surface area contributed by atoms with E-state index in [1.165, 1.54) is 0 Å². The van der Waals surface area contributed by atoms with E-state index in [1.807, 2.05) is 39.1 Å². The van der Waals surface area contributed by atoms with Crippen LogP contribution in [0.15, 0.2) is 30.3 Å². The van der Waals surface area contributed by atoms with Gasteiger partial charge in [0.15, 0.2) is 0 Å². The number of hydrogen-bond acceptors (Lipinski definition) is 3. The Labute approximate surface area is 140 Å². The average Bonchev–Trinajstić information content (AvgIpc) is 2.49. The minimum atomic E-state index is -0.366. The van der Waals surface area contributed by atoms with Crippen molar-refractivity contribution in [3.05, 3.63) is 30.3 Å². The maximum atomic E-state index is 11.9. The van der Waals surface area contributed by atoms with Gasteiger partial charge in [-0.15, -0.1) is 0 Å². The molecule has 0 aromatic heterocycles. The summed E-state index contributed by atoms with van der Waals surface area (Å²) in [5.41, 5.74) is 0.998. The first-order valence-corrected chi connectivity index (χ1v) is 8.19. The number of hydrogen-bond donors (Lipinski definition) is 3. The van der Waals surface area contributed by atoms with Crippen LogP contribution < -0.4 is 15.5 Å². The van der Waals surface area contributed by atoms with E-state index >= 15 is 0 Å². The molecule has 0 aliphatic rings. The molecule has 0 heterocycles. The van der Waals surface area contributed by atoms with Gasteiger partial charge in [-0.05, 0) is 37.8 Å². The molecule has 2 atom stereocenters. The van der Waals surface area contributed by atoms with Crippen molar-refractivity contribution in [2.24, 2.45) is 5.41 Å². The Morgan fingerprint density at radius 1 is 1.22 bits per heavy atom. The van der Waals surface area contributed by atoms with Crippen LogP contribution >= 0.6 is 0 Å². The summed E-state index contributed by atoms with van der Waals surface area (Å²) in [5, 5.41) is 15.3. The molecule has 2 amide bonds. The average molecular weight is 321 g/mol. The van der Waals surface area contributed by atoms with Gasteiger partial charge in [-0.2, -0.15) is 0 Å². The molecule has 0 fully saturated rings. The highest BCUT2D eigenvalue weighted by Gasteiger charge is 2.21. The highest BCUT2D eigenvalue weighted by molar-refractivity contribution is 5.73. The molecule has 1 rings (SSSR count). The van der Waals surface area contributed by atoms with Crippen LogP contribution in [0.4, 0.5) is 10.5 Å². The molecule has 3 N–H and O–H groups in total. The molecule has 0 aliphatic heterocycles. The van der Waals surface area contributed by atoms with Gasteiger partial charge in [-0.25, -0.2) is 4.79 Å². The normalized spacial score (nSPS) is 14.0. The third-order valence-electron chi connectivity index (χ3n) is 3.96. The molecule has 0 saturated carbocycles. The first-order chi connectivity index (χ1) is 10.7. The number of aliphatic hydroxyl groups is 1. The minimum absolute atomic E-state index is 0.127. The fraction of sp³-hybridized carbons (Fsp3) is 0.611. The molecule has 1 aromatic carbocycles. The highest BCUT2D eigenvalue weighted by Crippen LogP contribution is 2.20. The lowest BCUT2D eigenvalue weighted by atomic mass is 9.87. The lowest BCUT2D eigenvalue weighted by Gasteiger charge is -2.28. The number of para-hydroxylation sites is 1. The lowest BCUT2D eigenvalue weighted by Crippen LogP contribution is -2.46. The van der Waals surface area contributed by atoms with Crippen molar-refractivity contribution in [2.45, 2.75) is 46.3 Å². The summed E-state index contributed by atoms with van der Waals surface area (Å²) in [5.74, 6) is 0. The molecule has 0 radical (unpaired) electrons. The summed E-state index contributed by atoms with van der Waals surface area (Å²) < 4.78 is 0. The zero-order valence-electron chi connectivity index (χ0n) is 15.0. The fourth-order valence-electron chi connectivity index (χ4n) is 2.55. The molecule has 5 heteroatoms. The topological polar surface area (TPSA) is 64.6 Å². The van der Waals surface area contributed by atoms with E-state index in [1.54, 1.807) is 6.92 Å². The van der Waals surface area contributed by atoms with Gasteiger partial charge in [0.2, 0.25) is 0 Å². The highest BCUT2D eigenvalue weighted by atomic mass is 16.3. The number of aliphatic hydroxyl groups excluding tert-OH is 1. The maximum absolute atomic E-state index is 11.9. The predicted octanol–water partition coefficient (Wildman–Crippen LogP) is 2.61. The van der Waals surface area contributed by atoms with E-state index in [-0.39, 0.29) is 23.6 Å². The number of urea groups is 1. The number of rotatable bonds is 8. The van der Waals surface area contributed by atoms with E-state index < -0.39 is 0 Å². The number of carbonyl (C=O) groups excluding carboxylic acids is 1.